The lowest BCUT2D eigenvalue weighted by molar-refractivity contribution is -0.137. The van der Waals surface area contributed by atoms with Crippen molar-refractivity contribution < 1.29 is 22.8 Å². The number of imide groups is 1. The van der Waals surface area contributed by atoms with Gasteiger partial charge >= 0.3 is 12.2 Å². The molecule has 2 N–H and O–H groups in total. The van der Waals surface area contributed by atoms with Crippen molar-refractivity contribution in [3.63, 3.8) is 0 Å². The van der Waals surface area contributed by atoms with Gasteiger partial charge in [0.1, 0.15) is 5.82 Å². The average Bonchev–Trinajstić information content (AvgIpc) is 2.54. The van der Waals surface area contributed by atoms with Crippen LogP contribution in [0.5, 0.6) is 0 Å². The zero-order valence-corrected chi connectivity index (χ0v) is 14.6. The smallest absolute Gasteiger partial charge is 0.354 e. The maximum Gasteiger partial charge on any atom is 0.417 e. The number of piperazine rings is 1. The fourth-order valence-corrected chi connectivity index (χ4v) is 2.54. The molecule has 2 heterocycles. The number of nitrogens with one attached hydrogen (secondary N) is 2. The van der Waals surface area contributed by atoms with E-state index in [0.29, 0.717) is 32.0 Å². The van der Waals surface area contributed by atoms with E-state index in [-0.39, 0.29) is 12.6 Å². The largest absolute Gasteiger partial charge is 0.417 e. The molecule has 0 bridgehead atoms. The van der Waals surface area contributed by atoms with Crippen LogP contribution in [0.25, 0.3) is 0 Å². The lowest BCUT2D eigenvalue weighted by Crippen LogP contribution is -2.51. The van der Waals surface area contributed by atoms with E-state index in [9.17, 15) is 22.8 Å². The second kappa shape index (κ2) is 8.35. The minimum Gasteiger partial charge on any atom is -0.354 e. The monoisotopic (exact) mass is 373 g/mol. The Morgan fingerprint density at radius 2 is 1.85 bits per heavy atom. The summed E-state index contributed by atoms with van der Waals surface area (Å²) in [6.45, 7) is 5.81. The van der Waals surface area contributed by atoms with Gasteiger partial charge in [-0.3, -0.25) is 15.0 Å². The normalized spacial score (nSPS) is 15.8. The van der Waals surface area contributed by atoms with Gasteiger partial charge in [-0.1, -0.05) is 0 Å². The van der Waals surface area contributed by atoms with E-state index in [1.54, 1.807) is 13.8 Å². The number of halogens is 3. The summed E-state index contributed by atoms with van der Waals surface area (Å²) >= 11 is 0. The Morgan fingerprint density at radius 3 is 2.35 bits per heavy atom. The molecule has 1 aliphatic rings. The number of alkyl halides is 3. The molecule has 144 valence electrons. The third-order valence-corrected chi connectivity index (χ3v) is 3.81. The molecule has 26 heavy (non-hydrogen) atoms. The quantitative estimate of drug-likeness (QED) is 0.836. The van der Waals surface area contributed by atoms with Gasteiger partial charge in [-0.2, -0.15) is 13.2 Å². The van der Waals surface area contributed by atoms with Crippen LogP contribution in [0.15, 0.2) is 18.3 Å². The molecule has 1 aromatic rings. The minimum atomic E-state index is -4.40. The zero-order chi connectivity index (χ0) is 19.3. The molecule has 3 amide bonds. The second-order valence-electron chi connectivity index (χ2n) is 6.34. The predicted molar refractivity (Wildman–Crippen MR) is 89.7 cm³/mol. The lowest BCUT2D eigenvalue weighted by Gasteiger charge is -2.35. The molecule has 7 nitrogen and oxygen atoms in total. The van der Waals surface area contributed by atoms with Crippen molar-refractivity contribution in [2.45, 2.75) is 26.1 Å². The van der Waals surface area contributed by atoms with Crippen molar-refractivity contribution in [3.8, 4) is 0 Å². The Balaban J connectivity index is 1.80. The maximum atomic E-state index is 12.6. The van der Waals surface area contributed by atoms with Crippen LogP contribution in [-0.4, -0.2) is 60.6 Å². The molecule has 0 aliphatic carbocycles. The van der Waals surface area contributed by atoms with Crippen molar-refractivity contribution in [2.24, 2.45) is 0 Å². The first-order valence-electron chi connectivity index (χ1n) is 8.26. The molecule has 2 rings (SSSR count). The molecular weight excluding hydrogens is 351 g/mol. The van der Waals surface area contributed by atoms with E-state index in [4.69, 9.17) is 0 Å². The summed E-state index contributed by atoms with van der Waals surface area (Å²) in [4.78, 5) is 30.9. The Labute approximate surface area is 149 Å². The van der Waals surface area contributed by atoms with Crippen LogP contribution in [0.2, 0.25) is 0 Å². The summed E-state index contributed by atoms with van der Waals surface area (Å²) < 4.78 is 37.7. The zero-order valence-electron chi connectivity index (χ0n) is 14.6. The molecule has 0 saturated carbocycles. The van der Waals surface area contributed by atoms with E-state index < -0.39 is 23.7 Å². The topological polar surface area (TPSA) is 77.6 Å². The third-order valence-electron chi connectivity index (χ3n) is 3.81. The van der Waals surface area contributed by atoms with E-state index >= 15 is 0 Å². The molecular formula is C16H22F3N5O2. The molecule has 0 aromatic carbocycles. The van der Waals surface area contributed by atoms with Gasteiger partial charge in [-0.05, 0) is 26.0 Å². The van der Waals surface area contributed by atoms with Crippen LogP contribution in [0.1, 0.15) is 19.4 Å². The van der Waals surface area contributed by atoms with E-state index in [2.05, 4.69) is 15.6 Å². The Morgan fingerprint density at radius 1 is 1.19 bits per heavy atom. The van der Waals surface area contributed by atoms with Crippen LogP contribution < -0.4 is 15.5 Å². The molecule has 0 atom stereocenters. The number of hydrogen-bond acceptors (Lipinski definition) is 5. The molecule has 1 aliphatic heterocycles. The van der Waals surface area contributed by atoms with Crippen LogP contribution in [-0.2, 0) is 11.0 Å². The maximum absolute atomic E-state index is 12.6. The number of amides is 3. The summed E-state index contributed by atoms with van der Waals surface area (Å²) in [6, 6.07) is 1.76. The first kappa shape index (κ1) is 20.0. The van der Waals surface area contributed by atoms with Gasteiger partial charge < -0.3 is 10.2 Å². The number of aromatic nitrogens is 1. The van der Waals surface area contributed by atoms with Gasteiger partial charge in [0.25, 0.3) is 0 Å². The fourth-order valence-electron chi connectivity index (χ4n) is 2.54. The van der Waals surface area contributed by atoms with Crippen LogP contribution in [0, 0.1) is 0 Å². The summed E-state index contributed by atoms with van der Waals surface area (Å²) in [5, 5.41) is 4.83. The molecule has 10 heteroatoms. The van der Waals surface area contributed by atoms with E-state index in [0.717, 1.165) is 12.3 Å². The van der Waals surface area contributed by atoms with Crippen molar-refractivity contribution in [1.29, 1.82) is 0 Å². The summed E-state index contributed by atoms with van der Waals surface area (Å²) in [7, 11) is 0. The van der Waals surface area contributed by atoms with Gasteiger partial charge in [-0.25, -0.2) is 9.78 Å². The summed E-state index contributed by atoms with van der Waals surface area (Å²) in [5.74, 6) is 0.0719. The van der Waals surface area contributed by atoms with Gasteiger partial charge in [0, 0.05) is 38.4 Å². The molecule has 1 fully saturated rings. The first-order chi connectivity index (χ1) is 12.1. The Hall–Kier alpha value is -2.36. The average molecular weight is 373 g/mol. The summed E-state index contributed by atoms with van der Waals surface area (Å²) in [5.41, 5.74) is -0.781. The van der Waals surface area contributed by atoms with Gasteiger partial charge in [-0.15, -0.1) is 0 Å². The fraction of sp³-hybridized carbons (Fsp3) is 0.562. The van der Waals surface area contributed by atoms with Crippen LogP contribution in [0.4, 0.5) is 23.8 Å². The van der Waals surface area contributed by atoms with Crippen LogP contribution >= 0.6 is 0 Å². The number of urea groups is 1. The molecule has 1 aromatic heterocycles. The number of nitrogens with zero attached hydrogens (tertiary/aromatic N) is 3. The predicted octanol–water partition coefficient (Wildman–Crippen LogP) is 1.46. The number of anilines is 1. The minimum absolute atomic E-state index is 0.0671. The second-order valence-corrected chi connectivity index (χ2v) is 6.34. The van der Waals surface area contributed by atoms with E-state index in [1.165, 1.54) is 6.07 Å². The summed E-state index contributed by atoms with van der Waals surface area (Å²) in [6.07, 6.45) is -3.58. The highest BCUT2D eigenvalue weighted by Crippen LogP contribution is 2.29. The highest BCUT2D eigenvalue weighted by molar-refractivity contribution is 5.95. The standard InChI is InChI=1S/C16H22F3N5O2/c1-11(2)21-15(26)22-14(25)10-23-5-7-24(8-6-23)13-4-3-12(9-20-13)16(17,18)19/h3-4,9,11H,5-8,10H2,1-2H3,(H2,21,22,25,26). The molecule has 0 radical (unpaired) electrons. The van der Waals surface area contributed by atoms with E-state index in [1.807, 2.05) is 9.80 Å². The Kier molecular flexibility index (Phi) is 6.41. The number of carbonyl (C=O) groups excluding carboxylic acids is 2. The SMILES string of the molecule is CC(C)NC(=O)NC(=O)CN1CCN(c2ccc(C(F)(F)F)cn2)CC1. The van der Waals surface area contributed by atoms with Crippen LogP contribution in [0.3, 0.4) is 0 Å². The van der Waals surface area contributed by atoms with Gasteiger partial charge in [0.15, 0.2) is 0 Å². The van der Waals surface area contributed by atoms with Crippen molar-refractivity contribution >= 4 is 17.8 Å². The Bertz CT molecular complexity index is 626. The molecule has 0 spiro atoms. The number of rotatable bonds is 4. The highest BCUT2D eigenvalue weighted by Gasteiger charge is 2.31. The van der Waals surface area contributed by atoms with Crippen molar-refractivity contribution in [1.82, 2.24) is 20.5 Å². The molecule has 1 saturated heterocycles. The van der Waals surface area contributed by atoms with Crippen molar-refractivity contribution in [2.75, 3.05) is 37.6 Å². The lowest BCUT2D eigenvalue weighted by atomic mass is 10.2. The number of hydrogen-bond donors (Lipinski definition) is 2. The highest BCUT2D eigenvalue weighted by atomic mass is 19.4. The number of pyridine rings is 1. The first-order valence-corrected chi connectivity index (χ1v) is 8.26. The third kappa shape index (κ3) is 5.87. The van der Waals surface area contributed by atoms with Gasteiger partial charge in [0.05, 0.1) is 12.1 Å². The van der Waals surface area contributed by atoms with Crippen molar-refractivity contribution in [3.05, 3.63) is 23.9 Å². The molecule has 0 unspecified atom stereocenters. The van der Waals surface area contributed by atoms with Gasteiger partial charge in [0.2, 0.25) is 5.91 Å². The number of carbonyl (C=O) groups is 2.